The van der Waals surface area contributed by atoms with Crippen LogP contribution in [0, 0.1) is 0 Å². The molecule has 2 aromatic heterocycles. The van der Waals surface area contributed by atoms with E-state index >= 15 is 0 Å². The number of fused-ring (bicyclic) bond motifs is 3. The van der Waals surface area contributed by atoms with Crippen LogP contribution in [0.25, 0.3) is 21.9 Å². The fourth-order valence-electron chi connectivity index (χ4n) is 1.67. The Morgan fingerprint density at radius 3 is 2.86 bits per heavy atom. The zero-order valence-electron chi connectivity index (χ0n) is 7.28. The van der Waals surface area contributed by atoms with E-state index in [-0.39, 0.29) is 5.56 Å². The Balaban J connectivity index is 2.70. The van der Waals surface area contributed by atoms with Gasteiger partial charge in [-0.05, 0) is 12.1 Å². The van der Waals surface area contributed by atoms with Crippen LogP contribution in [-0.2, 0) is 0 Å². The molecule has 14 heavy (non-hydrogen) atoms. The summed E-state index contributed by atoms with van der Waals surface area (Å²) in [6.45, 7) is 0. The molecule has 0 aliphatic heterocycles. The van der Waals surface area contributed by atoms with Gasteiger partial charge in [-0.2, -0.15) is 0 Å². The lowest BCUT2D eigenvalue weighted by atomic mass is 10.2. The number of aromatic amines is 1. The summed E-state index contributed by atoms with van der Waals surface area (Å²) in [4.78, 5) is 14.0. The molecule has 3 nitrogen and oxygen atoms in total. The van der Waals surface area contributed by atoms with E-state index in [1.54, 1.807) is 6.20 Å². The topological polar surface area (TPSA) is 46.0 Å². The van der Waals surface area contributed by atoms with Crippen LogP contribution in [0.4, 0.5) is 0 Å². The number of furan rings is 1. The maximum Gasteiger partial charge on any atom is 0.291 e. The Kier molecular flexibility index (Phi) is 1.31. The van der Waals surface area contributed by atoms with Gasteiger partial charge in [-0.1, -0.05) is 18.2 Å². The third-order valence-corrected chi connectivity index (χ3v) is 2.30. The molecule has 0 aliphatic carbocycles. The molecule has 1 N–H and O–H groups in total. The lowest BCUT2D eigenvalue weighted by Crippen LogP contribution is -2.02. The van der Waals surface area contributed by atoms with E-state index in [1.807, 2.05) is 30.3 Å². The van der Waals surface area contributed by atoms with E-state index in [0.717, 1.165) is 16.4 Å². The minimum Gasteiger partial charge on any atom is -0.450 e. The van der Waals surface area contributed by atoms with Gasteiger partial charge in [0, 0.05) is 17.0 Å². The zero-order chi connectivity index (χ0) is 9.54. The van der Waals surface area contributed by atoms with Crippen molar-refractivity contribution < 1.29 is 4.42 Å². The normalized spacial score (nSPS) is 11.1. The van der Waals surface area contributed by atoms with Gasteiger partial charge in [0.15, 0.2) is 5.58 Å². The number of aromatic nitrogens is 1. The van der Waals surface area contributed by atoms with E-state index in [9.17, 15) is 4.79 Å². The van der Waals surface area contributed by atoms with Gasteiger partial charge in [-0.25, -0.2) is 0 Å². The number of hydrogen-bond acceptors (Lipinski definition) is 2. The lowest BCUT2D eigenvalue weighted by molar-refractivity contribution is 0.662. The average molecular weight is 185 g/mol. The first-order valence-electron chi connectivity index (χ1n) is 4.35. The molecule has 0 atom stereocenters. The van der Waals surface area contributed by atoms with Crippen LogP contribution in [0.15, 0.2) is 45.7 Å². The summed E-state index contributed by atoms with van der Waals surface area (Å²) in [5.41, 5.74) is 0.964. The van der Waals surface area contributed by atoms with Gasteiger partial charge in [0.2, 0.25) is 0 Å². The Bertz CT molecular complexity index is 663. The molecule has 0 amide bonds. The van der Waals surface area contributed by atoms with E-state index in [2.05, 4.69) is 4.98 Å². The second-order valence-electron chi connectivity index (χ2n) is 3.15. The monoisotopic (exact) mass is 185 g/mol. The molecule has 3 heteroatoms. The Labute approximate surface area is 79.0 Å². The van der Waals surface area contributed by atoms with Crippen LogP contribution in [0.3, 0.4) is 0 Å². The highest BCUT2D eigenvalue weighted by Crippen LogP contribution is 2.25. The molecule has 0 radical (unpaired) electrons. The molecule has 0 unspecified atom stereocenters. The van der Waals surface area contributed by atoms with Crippen molar-refractivity contribution in [2.75, 3.05) is 0 Å². The summed E-state index contributed by atoms with van der Waals surface area (Å²) in [6, 6.07) is 9.47. The highest BCUT2D eigenvalue weighted by Gasteiger charge is 2.07. The molecular formula is C11H7NO2. The Hall–Kier alpha value is -2.03. The van der Waals surface area contributed by atoms with Gasteiger partial charge >= 0.3 is 0 Å². The Morgan fingerprint density at radius 2 is 1.93 bits per heavy atom. The van der Waals surface area contributed by atoms with Gasteiger partial charge < -0.3 is 9.40 Å². The molecule has 2 heterocycles. The number of benzene rings is 1. The summed E-state index contributed by atoms with van der Waals surface area (Å²) in [5, 5.41) is 1.85. The summed E-state index contributed by atoms with van der Waals surface area (Å²) in [7, 11) is 0. The van der Waals surface area contributed by atoms with Crippen molar-refractivity contribution in [1.29, 1.82) is 0 Å². The van der Waals surface area contributed by atoms with Crippen LogP contribution in [0.5, 0.6) is 0 Å². The Morgan fingerprint density at radius 1 is 1.07 bits per heavy atom. The van der Waals surface area contributed by atoms with Crippen molar-refractivity contribution >= 4 is 21.9 Å². The number of hydrogen-bond donors (Lipinski definition) is 1. The molecular weight excluding hydrogens is 178 g/mol. The van der Waals surface area contributed by atoms with Crippen LogP contribution >= 0.6 is 0 Å². The molecule has 0 bridgehead atoms. The standard InChI is InChI=1S/C11H7NO2/c13-11-10-8(5-6-12-11)7-3-1-2-4-9(7)14-10/h1-6H,(H,12,13). The maximum atomic E-state index is 11.4. The molecule has 0 saturated carbocycles. The van der Waals surface area contributed by atoms with Crippen molar-refractivity contribution in [3.63, 3.8) is 0 Å². The average Bonchev–Trinajstić information content (AvgIpc) is 2.59. The summed E-state index contributed by atoms with van der Waals surface area (Å²) < 4.78 is 5.44. The summed E-state index contributed by atoms with van der Waals surface area (Å²) in [6.07, 6.45) is 1.63. The number of nitrogens with one attached hydrogen (secondary N) is 1. The fraction of sp³-hybridized carbons (Fsp3) is 0. The van der Waals surface area contributed by atoms with Crippen LogP contribution in [0.2, 0.25) is 0 Å². The first kappa shape index (κ1) is 7.38. The second-order valence-corrected chi connectivity index (χ2v) is 3.15. The molecule has 3 aromatic rings. The first-order valence-corrected chi connectivity index (χ1v) is 4.35. The van der Waals surface area contributed by atoms with Gasteiger partial charge in [0.05, 0.1) is 0 Å². The van der Waals surface area contributed by atoms with E-state index in [1.165, 1.54) is 0 Å². The van der Waals surface area contributed by atoms with E-state index in [0.29, 0.717) is 5.58 Å². The minimum atomic E-state index is -0.182. The van der Waals surface area contributed by atoms with Crippen molar-refractivity contribution in [3.8, 4) is 0 Å². The molecule has 68 valence electrons. The SMILES string of the molecule is O=c1[nH]ccc2c1oc1ccccc12. The van der Waals surface area contributed by atoms with Crippen LogP contribution < -0.4 is 5.56 Å². The quantitative estimate of drug-likeness (QED) is 0.584. The summed E-state index contributed by atoms with van der Waals surface area (Å²) in [5.74, 6) is 0. The number of rotatable bonds is 0. The lowest BCUT2D eigenvalue weighted by Gasteiger charge is -1.85. The molecule has 1 aromatic carbocycles. The largest absolute Gasteiger partial charge is 0.450 e. The third kappa shape index (κ3) is 0.836. The molecule has 0 fully saturated rings. The number of H-pyrrole nitrogens is 1. The van der Waals surface area contributed by atoms with Crippen molar-refractivity contribution in [1.82, 2.24) is 4.98 Å². The zero-order valence-corrected chi connectivity index (χ0v) is 7.28. The van der Waals surface area contributed by atoms with Crippen molar-refractivity contribution in [2.24, 2.45) is 0 Å². The van der Waals surface area contributed by atoms with Crippen LogP contribution in [0.1, 0.15) is 0 Å². The van der Waals surface area contributed by atoms with E-state index in [4.69, 9.17) is 4.42 Å². The van der Waals surface area contributed by atoms with Gasteiger partial charge in [0.1, 0.15) is 5.58 Å². The van der Waals surface area contributed by atoms with Crippen LogP contribution in [-0.4, -0.2) is 4.98 Å². The predicted octanol–water partition coefficient (Wildman–Crippen LogP) is 2.27. The van der Waals surface area contributed by atoms with Crippen molar-refractivity contribution in [3.05, 3.63) is 46.9 Å². The third-order valence-electron chi connectivity index (χ3n) is 2.30. The van der Waals surface area contributed by atoms with Gasteiger partial charge in [-0.15, -0.1) is 0 Å². The number of pyridine rings is 1. The minimum absolute atomic E-state index is 0.182. The maximum absolute atomic E-state index is 11.4. The second kappa shape index (κ2) is 2.48. The van der Waals surface area contributed by atoms with E-state index < -0.39 is 0 Å². The van der Waals surface area contributed by atoms with Gasteiger partial charge in [-0.3, -0.25) is 4.79 Å². The van der Waals surface area contributed by atoms with Gasteiger partial charge in [0.25, 0.3) is 5.56 Å². The summed E-state index contributed by atoms with van der Waals surface area (Å²) >= 11 is 0. The molecule has 0 aliphatic rings. The first-order chi connectivity index (χ1) is 6.86. The fourth-order valence-corrected chi connectivity index (χ4v) is 1.67. The number of para-hydroxylation sites is 1. The highest BCUT2D eigenvalue weighted by atomic mass is 16.3. The molecule has 0 spiro atoms. The highest BCUT2D eigenvalue weighted by molar-refractivity contribution is 6.04. The predicted molar refractivity (Wildman–Crippen MR) is 54.3 cm³/mol. The van der Waals surface area contributed by atoms with Crippen molar-refractivity contribution in [2.45, 2.75) is 0 Å². The molecule has 3 rings (SSSR count). The molecule has 0 saturated heterocycles. The smallest absolute Gasteiger partial charge is 0.291 e.